The molecule has 0 saturated heterocycles. The molecule has 0 aliphatic heterocycles. The summed E-state index contributed by atoms with van der Waals surface area (Å²) in [6.45, 7) is 3.50. The molecule has 0 amide bonds. The van der Waals surface area contributed by atoms with Crippen molar-refractivity contribution in [2.24, 2.45) is 10.2 Å². The van der Waals surface area contributed by atoms with E-state index in [1.807, 2.05) is 0 Å². The summed E-state index contributed by atoms with van der Waals surface area (Å²) in [7, 11) is -19.1. The molecule has 5 aromatic carbocycles. The van der Waals surface area contributed by atoms with Gasteiger partial charge in [0.05, 0.1) is 41.2 Å². The fraction of sp³-hybridized carbons (Fsp3) is 0.0667. The minimum Gasteiger partial charge on any atom is -0.744 e. The molecule has 250 valence electrons. The Labute approximate surface area is 332 Å². The standard InChI is InChI=1S/C30H25N3O11S4.2Na/c1-18-3-9-22(10-4-18)45(35,36)23-13-7-21(8-14-23)31-32-29-27(48(42,43)44)16-20-15-25(47(39,40)41)17-26(28(20)30(29)34)33-46(37,38)24-11-5-19(2)6-12-24;;/h3-17,33-34H,1-2H3,(H,39,40,41)(H,42,43,44);;/q;2*+1/p-2. The number of hydrogen-bond donors (Lipinski definition) is 2. The van der Waals surface area contributed by atoms with Crippen LogP contribution in [0.3, 0.4) is 0 Å². The zero-order chi connectivity index (χ0) is 35.2. The summed E-state index contributed by atoms with van der Waals surface area (Å²) in [5.74, 6) is -1.10. The molecule has 50 heavy (non-hydrogen) atoms. The minimum absolute atomic E-state index is 0. The molecule has 5 rings (SSSR count). The average Bonchev–Trinajstić information content (AvgIpc) is 3.00. The van der Waals surface area contributed by atoms with E-state index in [9.17, 15) is 47.9 Å². The number of phenols is 1. The molecule has 0 radical (unpaired) electrons. The Bertz CT molecular complexity index is 2560. The molecule has 0 unspecified atom stereocenters. The number of aromatic hydroxyl groups is 1. The number of benzene rings is 5. The zero-order valence-corrected chi connectivity index (χ0v) is 34.0. The Morgan fingerprint density at radius 1 is 0.600 bits per heavy atom. The molecule has 0 aromatic heterocycles. The molecule has 0 aliphatic rings. The molecule has 0 aliphatic carbocycles. The van der Waals surface area contributed by atoms with Crippen molar-refractivity contribution < 1.29 is 107 Å². The van der Waals surface area contributed by atoms with E-state index in [4.69, 9.17) is 0 Å². The van der Waals surface area contributed by atoms with E-state index in [1.54, 1.807) is 26.0 Å². The number of nitrogens with zero attached hydrogens (tertiary/aromatic N) is 2. The number of anilines is 1. The Morgan fingerprint density at radius 3 is 1.56 bits per heavy atom. The molecular weight excluding hydrogens is 753 g/mol. The van der Waals surface area contributed by atoms with Gasteiger partial charge in [-0.15, -0.1) is 5.11 Å². The third-order valence-electron chi connectivity index (χ3n) is 7.00. The number of hydrogen-bond acceptors (Lipinski definition) is 13. The molecule has 14 nitrogen and oxygen atoms in total. The molecule has 0 saturated carbocycles. The number of rotatable bonds is 9. The predicted octanol–water partition coefficient (Wildman–Crippen LogP) is -0.973. The van der Waals surface area contributed by atoms with Gasteiger partial charge in [-0.1, -0.05) is 35.4 Å². The van der Waals surface area contributed by atoms with Gasteiger partial charge in [0, 0.05) is 0 Å². The maximum absolute atomic E-state index is 13.2. The average molecular weight is 776 g/mol. The van der Waals surface area contributed by atoms with E-state index >= 15 is 0 Å². The van der Waals surface area contributed by atoms with Crippen LogP contribution < -0.4 is 63.8 Å². The van der Waals surface area contributed by atoms with E-state index in [2.05, 4.69) is 15.0 Å². The van der Waals surface area contributed by atoms with Crippen molar-refractivity contribution in [2.75, 3.05) is 4.72 Å². The first-order valence-electron chi connectivity index (χ1n) is 13.5. The van der Waals surface area contributed by atoms with Crippen LogP contribution in [0.5, 0.6) is 5.75 Å². The van der Waals surface area contributed by atoms with Gasteiger partial charge in [0.1, 0.15) is 25.9 Å². The third kappa shape index (κ3) is 9.01. The van der Waals surface area contributed by atoms with Crippen molar-refractivity contribution in [1.29, 1.82) is 0 Å². The summed E-state index contributed by atoms with van der Waals surface area (Å²) in [6, 6.07) is 18.3. The van der Waals surface area contributed by atoms with Gasteiger partial charge in [0.25, 0.3) is 10.0 Å². The topological polar surface area (TPSA) is 240 Å². The number of azo groups is 1. The van der Waals surface area contributed by atoms with Crippen LogP contribution in [0.4, 0.5) is 17.1 Å². The van der Waals surface area contributed by atoms with Crippen molar-refractivity contribution in [1.82, 2.24) is 0 Å². The molecule has 0 atom stereocenters. The molecule has 0 heterocycles. The van der Waals surface area contributed by atoms with Gasteiger partial charge in [-0.25, -0.2) is 33.7 Å². The van der Waals surface area contributed by atoms with Crippen LogP contribution in [-0.4, -0.2) is 47.9 Å². The Kier molecular flexibility index (Phi) is 12.9. The summed E-state index contributed by atoms with van der Waals surface area (Å²) < 4.78 is 127. The summed E-state index contributed by atoms with van der Waals surface area (Å²) in [5.41, 5.74) is -0.0628. The second-order valence-corrected chi connectivity index (χ2v) is 16.8. The van der Waals surface area contributed by atoms with Crippen molar-refractivity contribution in [3.8, 4) is 5.75 Å². The van der Waals surface area contributed by atoms with Crippen LogP contribution in [0.2, 0.25) is 0 Å². The zero-order valence-electron chi connectivity index (χ0n) is 26.7. The number of sulfonamides is 1. The molecule has 5 aromatic rings. The monoisotopic (exact) mass is 775 g/mol. The third-order valence-corrected chi connectivity index (χ3v) is 11.8. The van der Waals surface area contributed by atoms with E-state index in [0.29, 0.717) is 18.2 Å². The number of aryl methyl sites for hydroxylation is 2. The molecule has 0 fully saturated rings. The molecule has 0 spiro atoms. The van der Waals surface area contributed by atoms with Gasteiger partial charge in [0.15, 0.2) is 5.75 Å². The first-order chi connectivity index (χ1) is 22.3. The van der Waals surface area contributed by atoms with E-state index in [0.717, 1.165) is 11.1 Å². The summed E-state index contributed by atoms with van der Waals surface area (Å²) >= 11 is 0. The van der Waals surface area contributed by atoms with Crippen LogP contribution in [0, 0.1) is 13.8 Å². The SMILES string of the molecule is Cc1ccc(S(=O)(=O)Nc2cc(S(=O)(=O)[O-])cc3cc(S(=O)(=O)[O-])c(N=Nc4ccc(S(=O)(=O)c5ccc(C)cc5)cc4)c(O)c23)cc1.[Na+].[Na+]. The fourth-order valence-electron chi connectivity index (χ4n) is 4.55. The van der Waals surface area contributed by atoms with E-state index < -0.39 is 77.8 Å². The van der Waals surface area contributed by atoms with Crippen molar-refractivity contribution in [2.45, 2.75) is 38.3 Å². The normalized spacial score (nSPS) is 12.3. The Hall–Kier alpha value is -2.72. The van der Waals surface area contributed by atoms with Crippen molar-refractivity contribution >= 4 is 67.9 Å². The van der Waals surface area contributed by atoms with Gasteiger partial charge < -0.3 is 14.2 Å². The Morgan fingerprint density at radius 2 is 1.08 bits per heavy atom. The van der Waals surface area contributed by atoms with Gasteiger partial charge in [-0.05, 0) is 86.0 Å². The largest absolute Gasteiger partial charge is 1.00 e. The van der Waals surface area contributed by atoms with Gasteiger partial charge >= 0.3 is 59.1 Å². The minimum atomic E-state index is -5.46. The summed E-state index contributed by atoms with van der Waals surface area (Å²) in [4.78, 5) is -2.52. The number of nitrogens with one attached hydrogen (secondary N) is 1. The van der Waals surface area contributed by atoms with Crippen LogP contribution >= 0.6 is 0 Å². The first-order valence-corrected chi connectivity index (χ1v) is 19.2. The summed E-state index contributed by atoms with van der Waals surface area (Å²) in [5, 5.41) is 17.8. The second-order valence-electron chi connectivity index (χ2n) is 10.5. The first kappa shape index (κ1) is 41.7. The molecule has 0 bridgehead atoms. The van der Waals surface area contributed by atoms with E-state index in [1.165, 1.54) is 60.7 Å². The van der Waals surface area contributed by atoms with Crippen molar-refractivity contribution in [3.63, 3.8) is 0 Å². The maximum atomic E-state index is 13.2. The van der Waals surface area contributed by atoms with Gasteiger partial charge in [-0.2, -0.15) is 5.11 Å². The number of sulfone groups is 1. The van der Waals surface area contributed by atoms with Crippen LogP contribution in [0.15, 0.2) is 126 Å². The van der Waals surface area contributed by atoms with Crippen molar-refractivity contribution in [3.05, 3.63) is 102 Å². The van der Waals surface area contributed by atoms with Crippen LogP contribution in [0.1, 0.15) is 11.1 Å². The number of fused-ring (bicyclic) bond motifs is 1. The van der Waals surface area contributed by atoms with Gasteiger partial charge in [-0.3, -0.25) is 4.72 Å². The predicted molar refractivity (Wildman–Crippen MR) is 171 cm³/mol. The number of phenolic OH excluding ortho intramolecular Hbond substituents is 1. The fourth-order valence-corrected chi connectivity index (χ4v) is 8.05. The van der Waals surface area contributed by atoms with Crippen LogP contribution in [-0.2, 0) is 40.1 Å². The van der Waals surface area contributed by atoms with Crippen LogP contribution in [0.25, 0.3) is 10.8 Å². The van der Waals surface area contributed by atoms with Gasteiger partial charge in [0.2, 0.25) is 9.84 Å². The van der Waals surface area contributed by atoms with E-state index in [-0.39, 0.29) is 79.5 Å². The smallest absolute Gasteiger partial charge is 0.744 e. The molecule has 20 heteroatoms. The molecular formula is C30H23N3Na2O11S4. The quantitative estimate of drug-likeness (QED) is 0.105. The maximum Gasteiger partial charge on any atom is 1.00 e. The second kappa shape index (κ2) is 15.5. The summed E-state index contributed by atoms with van der Waals surface area (Å²) in [6.07, 6.45) is 0. The molecule has 2 N–H and O–H groups in total. The Balaban J connectivity index is 0.00000338.